The number of benzene rings is 1. The lowest BCUT2D eigenvalue weighted by atomic mass is 9.91. The summed E-state index contributed by atoms with van der Waals surface area (Å²) in [5.74, 6) is 0.792. The van der Waals surface area contributed by atoms with Crippen LogP contribution >= 0.6 is 0 Å². The van der Waals surface area contributed by atoms with Gasteiger partial charge in [0.05, 0.1) is 18.2 Å². The fraction of sp³-hybridized carbons (Fsp3) is 0.600. The molecule has 170 valence electrons. The molecule has 1 saturated heterocycles. The van der Waals surface area contributed by atoms with Gasteiger partial charge in [-0.1, -0.05) is 45.0 Å². The molecule has 0 aromatic heterocycles. The number of ether oxygens (including phenoxy) is 1. The molecule has 0 saturated carbocycles. The molecule has 6 heteroatoms. The van der Waals surface area contributed by atoms with Gasteiger partial charge in [0.2, 0.25) is 0 Å². The number of amides is 2. The highest BCUT2D eigenvalue weighted by Crippen LogP contribution is 2.33. The Hall–Kier alpha value is -2.34. The van der Waals surface area contributed by atoms with Crippen LogP contribution in [0.2, 0.25) is 0 Å². The van der Waals surface area contributed by atoms with Crippen LogP contribution in [0.15, 0.2) is 35.5 Å². The summed E-state index contributed by atoms with van der Waals surface area (Å²) in [6, 6.07) is 7.52. The molecular weight excluding hydrogens is 390 g/mol. The lowest BCUT2D eigenvalue weighted by Crippen LogP contribution is -2.51. The van der Waals surface area contributed by atoms with Gasteiger partial charge in [0.15, 0.2) is 0 Å². The van der Waals surface area contributed by atoms with Gasteiger partial charge < -0.3 is 10.1 Å². The number of carbonyl (C=O) groups excluding carboxylic acids is 2. The average molecular weight is 428 g/mol. The molecule has 2 aliphatic heterocycles. The van der Waals surface area contributed by atoms with E-state index in [0.717, 1.165) is 43.1 Å². The van der Waals surface area contributed by atoms with Crippen molar-refractivity contribution in [2.75, 3.05) is 32.8 Å². The first-order valence-corrected chi connectivity index (χ1v) is 11.7. The van der Waals surface area contributed by atoms with E-state index in [4.69, 9.17) is 4.74 Å². The fourth-order valence-electron chi connectivity index (χ4n) is 4.41. The summed E-state index contributed by atoms with van der Waals surface area (Å²) < 4.78 is 5.47. The second-order valence-electron chi connectivity index (χ2n) is 8.99. The van der Waals surface area contributed by atoms with Gasteiger partial charge >= 0.3 is 12.0 Å². The largest absolute Gasteiger partial charge is 0.463 e. The van der Waals surface area contributed by atoms with Gasteiger partial charge in [0, 0.05) is 18.8 Å². The zero-order valence-corrected chi connectivity index (χ0v) is 19.6. The van der Waals surface area contributed by atoms with Crippen molar-refractivity contribution in [1.82, 2.24) is 15.1 Å². The van der Waals surface area contributed by atoms with Gasteiger partial charge in [-0.25, -0.2) is 9.59 Å². The molecule has 2 heterocycles. The van der Waals surface area contributed by atoms with E-state index in [9.17, 15) is 9.59 Å². The van der Waals surface area contributed by atoms with Crippen molar-refractivity contribution in [2.45, 2.75) is 59.4 Å². The lowest BCUT2D eigenvalue weighted by molar-refractivity contribution is -0.139. The number of likely N-dealkylation sites (tertiary alicyclic amines) is 1. The molecule has 31 heavy (non-hydrogen) atoms. The van der Waals surface area contributed by atoms with Gasteiger partial charge in [-0.05, 0) is 62.7 Å². The molecule has 3 rings (SSSR count). The van der Waals surface area contributed by atoms with E-state index in [1.54, 1.807) is 4.90 Å². The van der Waals surface area contributed by atoms with Gasteiger partial charge in [0.1, 0.15) is 0 Å². The molecule has 0 aliphatic carbocycles. The van der Waals surface area contributed by atoms with Crippen molar-refractivity contribution >= 4 is 12.0 Å². The highest BCUT2D eigenvalue weighted by molar-refractivity contribution is 5.95. The van der Waals surface area contributed by atoms with Gasteiger partial charge in [-0.15, -0.1) is 0 Å². The van der Waals surface area contributed by atoms with Crippen LogP contribution in [0.25, 0.3) is 0 Å². The fourth-order valence-corrected chi connectivity index (χ4v) is 4.41. The van der Waals surface area contributed by atoms with E-state index < -0.39 is 6.04 Å². The van der Waals surface area contributed by atoms with Crippen LogP contribution in [0.3, 0.4) is 0 Å². The Bertz CT molecular complexity index is 808. The number of hydrogen-bond acceptors (Lipinski definition) is 4. The highest BCUT2D eigenvalue weighted by Gasteiger charge is 2.38. The summed E-state index contributed by atoms with van der Waals surface area (Å²) in [7, 11) is 0. The lowest BCUT2D eigenvalue weighted by Gasteiger charge is -2.39. The smallest absolute Gasteiger partial charge is 0.338 e. The molecule has 2 aliphatic rings. The Morgan fingerprint density at radius 1 is 1.16 bits per heavy atom. The second-order valence-corrected chi connectivity index (χ2v) is 8.99. The number of esters is 1. The zero-order chi connectivity index (χ0) is 22.5. The van der Waals surface area contributed by atoms with Crippen molar-refractivity contribution in [3.8, 4) is 0 Å². The van der Waals surface area contributed by atoms with Crippen LogP contribution in [0, 0.1) is 5.92 Å². The topological polar surface area (TPSA) is 61.9 Å². The highest BCUT2D eigenvalue weighted by atomic mass is 16.5. The molecule has 0 unspecified atom stereocenters. The maximum atomic E-state index is 13.2. The Morgan fingerprint density at radius 3 is 2.35 bits per heavy atom. The monoisotopic (exact) mass is 427 g/mol. The summed E-state index contributed by atoms with van der Waals surface area (Å²) in [5.41, 5.74) is 3.46. The normalized spacial score (nSPS) is 20.9. The van der Waals surface area contributed by atoms with E-state index in [1.165, 1.54) is 5.56 Å². The average Bonchev–Trinajstić information content (AvgIpc) is 2.75. The summed E-state index contributed by atoms with van der Waals surface area (Å²) in [6.45, 7) is 13.7. The third-order valence-corrected chi connectivity index (χ3v) is 6.44. The van der Waals surface area contributed by atoms with E-state index in [-0.39, 0.29) is 12.0 Å². The second kappa shape index (κ2) is 10.3. The summed E-state index contributed by atoms with van der Waals surface area (Å²) in [4.78, 5) is 30.2. The van der Waals surface area contributed by atoms with E-state index in [0.29, 0.717) is 31.2 Å². The summed E-state index contributed by atoms with van der Waals surface area (Å²) in [5, 5.41) is 3.06. The zero-order valence-electron chi connectivity index (χ0n) is 19.6. The standard InChI is InChI=1S/C25H37N3O3/c1-6-28-21(16-27-14-12-18(5)13-15-27)22(24(29)31-7-2)23(26-25(28)30)20-10-8-19(9-11-20)17(3)4/h8-11,17-18,23H,6-7,12-16H2,1-5H3,(H,26,30)/t23-/m0/s1. The SMILES string of the molecule is CCOC(=O)C1=C(CN2CCC(C)CC2)N(CC)C(=O)N[C@H]1c1ccc(C(C)C)cc1. The third kappa shape index (κ3) is 5.29. The molecule has 1 N–H and O–H groups in total. The van der Waals surface area contributed by atoms with E-state index >= 15 is 0 Å². The van der Waals surface area contributed by atoms with Crippen molar-refractivity contribution in [2.24, 2.45) is 5.92 Å². The van der Waals surface area contributed by atoms with Gasteiger partial charge in [0.25, 0.3) is 0 Å². The van der Waals surface area contributed by atoms with Crippen molar-refractivity contribution in [3.63, 3.8) is 0 Å². The number of rotatable bonds is 7. The Morgan fingerprint density at radius 2 is 1.81 bits per heavy atom. The maximum Gasteiger partial charge on any atom is 0.338 e. The first-order valence-electron chi connectivity index (χ1n) is 11.7. The van der Waals surface area contributed by atoms with Gasteiger partial charge in [-0.3, -0.25) is 9.80 Å². The van der Waals surface area contributed by atoms with Crippen LogP contribution in [0.5, 0.6) is 0 Å². The Kier molecular flexibility index (Phi) is 7.76. The first kappa shape index (κ1) is 23.3. The number of hydrogen-bond donors (Lipinski definition) is 1. The van der Waals surface area contributed by atoms with Crippen LogP contribution < -0.4 is 5.32 Å². The quantitative estimate of drug-likeness (QED) is 0.653. The Labute approximate surface area is 186 Å². The first-order chi connectivity index (χ1) is 14.8. The van der Waals surface area contributed by atoms with Crippen molar-refractivity contribution < 1.29 is 14.3 Å². The van der Waals surface area contributed by atoms with Gasteiger partial charge in [-0.2, -0.15) is 0 Å². The number of nitrogens with one attached hydrogen (secondary N) is 1. The van der Waals surface area contributed by atoms with Crippen LogP contribution in [0.4, 0.5) is 4.79 Å². The van der Waals surface area contributed by atoms with Crippen LogP contribution in [-0.4, -0.2) is 54.6 Å². The number of carbonyl (C=O) groups is 2. The molecule has 0 bridgehead atoms. The minimum atomic E-state index is -0.505. The molecule has 6 nitrogen and oxygen atoms in total. The predicted molar refractivity (Wildman–Crippen MR) is 123 cm³/mol. The molecular formula is C25H37N3O3. The predicted octanol–water partition coefficient (Wildman–Crippen LogP) is 4.45. The minimum absolute atomic E-state index is 0.158. The molecule has 1 fully saturated rings. The van der Waals surface area contributed by atoms with Crippen molar-refractivity contribution in [1.29, 1.82) is 0 Å². The summed E-state index contributed by atoms with van der Waals surface area (Å²) >= 11 is 0. The number of urea groups is 1. The molecule has 0 spiro atoms. The molecule has 1 aromatic carbocycles. The molecule has 1 aromatic rings. The summed E-state index contributed by atoms with van der Waals surface area (Å²) in [6.07, 6.45) is 2.28. The number of likely N-dealkylation sites (N-methyl/N-ethyl adjacent to an activating group) is 1. The number of piperidine rings is 1. The van der Waals surface area contributed by atoms with Crippen molar-refractivity contribution in [3.05, 3.63) is 46.7 Å². The van der Waals surface area contributed by atoms with Crippen LogP contribution in [-0.2, 0) is 9.53 Å². The minimum Gasteiger partial charge on any atom is -0.463 e. The van der Waals surface area contributed by atoms with Crippen LogP contribution in [0.1, 0.15) is 70.5 Å². The third-order valence-electron chi connectivity index (χ3n) is 6.44. The number of nitrogens with zero attached hydrogens (tertiary/aromatic N) is 2. The molecule has 0 radical (unpaired) electrons. The van der Waals surface area contributed by atoms with E-state index in [1.807, 2.05) is 26.0 Å². The molecule has 2 amide bonds. The molecule has 1 atom stereocenters. The Balaban J connectivity index is 2.03. The van der Waals surface area contributed by atoms with E-state index in [2.05, 4.69) is 43.1 Å². The maximum absolute atomic E-state index is 13.2.